The fourth-order valence-electron chi connectivity index (χ4n) is 4.07. The van der Waals surface area contributed by atoms with Crippen molar-refractivity contribution in [3.63, 3.8) is 0 Å². The maximum absolute atomic E-state index is 12.8. The van der Waals surface area contributed by atoms with Crippen molar-refractivity contribution in [1.82, 2.24) is 4.90 Å². The molecule has 0 aliphatic rings. The molecule has 1 atom stereocenters. The molecule has 0 aromatic heterocycles. The van der Waals surface area contributed by atoms with Crippen molar-refractivity contribution in [2.45, 2.75) is 109 Å². The average molecular weight is 462 g/mol. The molecule has 0 radical (unpaired) electrons. The number of methoxy groups -OCH3 is 1. The summed E-state index contributed by atoms with van der Waals surface area (Å²) in [5.41, 5.74) is 0.259. The summed E-state index contributed by atoms with van der Waals surface area (Å²) < 4.78 is 4.71. The molecule has 1 aromatic carbocycles. The number of carboxylic acids is 1. The van der Waals surface area contributed by atoms with Crippen LogP contribution < -0.4 is 0 Å². The summed E-state index contributed by atoms with van der Waals surface area (Å²) >= 11 is 0. The van der Waals surface area contributed by atoms with Crippen LogP contribution in [0.4, 0.5) is 4.79 Å². The summed E-state index contributed by atoms with van der Waals surface area (Å²) in [4.78, 5) is 37.6. The highest BCUT2D eigenvalue weighted by Crippen LogP contribution is 2.18. The van der Waals surface area contributed by atoms with E-state index in [1.165, 1.54) is 64.2 Å². The van der Waals surface area contributed by atoms with Gasteiger partial charge in [0.2, 0.25) is 0 Å². The molecule has 0 saturated carbocycles. The molecule has 0 aliphatic heterocycles. The van der Waals surface area contributed by atoms with Crippen LogP contribution in [-0.4, -0.2) is 41.1 Å². The molecule has 33 heavy (non-hydrogen) atoms. The van der Waals surface area contributed by atoms with Crippen LogP contribution in [0.3, 0.4) is 0 Å². The second kappa shape index (κ2) is 18.1. The number of aliphatic carboxylic acids is 1. The number of rotatable bonds is 18. The summed E-state index contributed by atoms with van der Waals surface area (Å²) in [6.07, 6.45) is 16.2. The molecule has 1 aromatic rings. The van der Waals surface area contributed by atoms with Gasteiger partial charge in [0.15, 0.2) is 0 Å². The number of hydrogen-bond acceptors (Lipinski definition) is 4. The molecule has 6 heteroatoms. The number of carbonyl (C=O) groups is 3. The average Bonchev–Trinajstić information content (AvgIpc) is 2.83. The zero-order valence-corrected chi connectivity index (χ0v) is 20.6. The number of carboxylic acid groups (broad SMARTS) is 1. The molecular formula is C27H43NO5. The van der Waals surface area contributed by atoms with Crippen LogP contribution in [0, 0.1) is 0 Å². The molecule has 1 rings (SSSR count). The molecule has 6 nitrogen and oxygen atoms in total. The van der Waals surface area contributed by atoms with E-state index >= 15 is 0 Å². The van der Waals surface area contributed by atoms with Crippen molar-refractivity contribution < 1.29 is 24.2 Å². The topological polar surface area (TPSA) is 83.9 Å². The minimum Gasteiger partial charge on any atom is -0.480 e. The first-order valence-corrected chi connectivity index (χ1v) is 12.7. The van der Waals surface area contributed by atoms with Gasteiger partial charge in [0.25, 0.3) is 5.91 Å². The number of nitrogens with zero attached hydrogens (tertiary/aromatic N) is 1. The van der Waals surface area contributed by atoms with Crippen molar-refractivity contribution in [1.29, 1.82) is 0 Å². The van der Waals surface area contributed by atoms with Crippen LogP contribution in [0.2, 0.25) is 0 Å². The second-order valence-electron chi connectivity index (χ2n) is 8.75. The highest BCUT2D eigenvalue weighted by atomic mass is 16.5. The SMILES string of the molecule is CCCCCCCCCCCCCCCCC(C(=O)O)N(C(=O)OC)C(=O)c1ccccc1. The minimum atomic E-state index is -1.23. The van der Waals surface area contributed by atoms with Crippen LogP contribution in [0.1, 0.15) is 114 Å². The molecule has 0 fully saturated rings. The lowest BCUT2D eigenvalue weighted by Crippen LogP contribution is -2.48. The molecule has 0 saturated heterocycles. The molecule has 0 aliphatic carbocycles. The Morgan fingerprint density at radius 3 is 1.67 bits per heavy atom. The summed E-state index contributed by atoms with van der Waals surface area (Å²) in [5.74, 6) is -1.85. The fraction of sp³-hybridized carbons (Fsp3) is 0.667. The quantitative estimate of drug-likeness (QED) is 0.233. The van der Waals surface area contributed by atoms with E-state index in [4.69, 9.17) is 4.74 Å². The number of ether oxygens (including phenoxy) is 1. The Hall–Kier alpha value is -2.37. The van der Waals surface area contributed by atoms with Gasteiger partial charge in [-0.05, 0) is 18.6 Å². The Balaban J connectivity index is 2.31. The van der Waals surface area contributed by atoms with Gasteiger partial charge in [-0.3, -0.25) is 4.79 Å². The van der Waals surface area contributed by atoms with Crippen molar-refractivity contribution in [3.8, 4) is 0 Å². The van der Waals surface area contributed by atoms with Gasteiger partial charge < -0.3 is 9.84 Å². The Morgan fingerprint density at radius 1 is 0.788 bits per heavy atom. The van der Waals surface area contributed by atoms with Crippen molar-refractivity contribution >= 4 is 18.0 Å². The molecule has 2 amide bonds. The van der Waals surface area contributed by atoms with Gasteiger partial charge in [0.1, 0.15) is 6.04 Å². The van der Waals surface area contributed by atoms with E-state index in [0.29, 0.717) is 6.42 Å². The van der Waals surface area contributed by atoms with Crippen LogP contribution >= 0.6 is 0 Å². The third-order valence-corrected chi connectivity index (χ3v) is 6.04. The maximum Gasteiger partial charge on any atom is 0.417 e. The summed E-state index contributed by atoms with van der Waals surface area (Å²) in [6.45, 7) is 2.24. The third-order valence-electron chi connectivity index (χ3n) is 6.04. The number of hydrogen-bond donors (Lipinski definition) is 1. The maximum atomic E-state index is 12.8. The van der Waals surface area contributed by atoms with Crippen LogP contribution in [0.5, 0.6) is 0 Å². The Kier molecular flexibility index (Phi) is 15.7. The molecule has 0 heterocycles. The number of unbranched alkanes of at least 4 members (excludes halogenated alkanes) is 13. The summed E-state index contributed by atoms with van der Waals surface area (Å²) in [6, 6.07) is 6.98. The Bertz CT molecular complexity index is 676. The monoisotopic (exact) mass is 461 g/mol. The van der Waals surface area contributed by atoms with Crippen molar-refractivity contribution in [2.24, 2.45) is 0 Å². The largest absolute Gasteiger partial charge is 0.480 e. The van der Waals surface area contributed by atoms with Crippen LogP contribution in [0.15, 0.2) is 30.3 Å². The normalized spacial score (nSPS) is 11.7. The standard InChI is InChI=1S/C27H43NO5/c1-3-4-5-6-7-8-9-10-11-12-13-14-15-19-22-24(26(30)31)28(27(32)33-2)25(29)23-20-17-16-18-21-23/h16-18,20-21,24H,3-15,19,22H2,1-2H3,(H,30,31). The van der Waals surface area contributed by atoms with Crippen LogP contribution in [0.25, 0.3) is 0 Å². The van der Waals surface area contributed by atoms with Gasteiger partial charge in [0, 0.05) is 5.56 Å². The Labute approximate surface area is 199 Å². The molecule has 0 spiro atoms. The van der Waals surface area contributed by atoms with Crippen LogP contribution in [-0.2, 0) is 9.53 Å². The summed E-state index contributed by atoms with van der Waals surface area (Å²) in [5, 5.41) is 9.69. The second-order valence-corrected chi connectivity index (χ2v) is 8.75. The van der Waals surface area contributed by atoms with Gasteiger partial charge in [-0.25, -0.2) is 14.5 Å². The molecule has 186 valence electrons. The van der Waals surface area contributed by atoms with Gasteiger partial charge in [-0.1, -0.05) is 115 Å². The van der Waals surface area contributed by atoms with Gasteiger partial charge in [0.05, 0.1) is 7.11 Å². The van der Waals surface area contributed by atoms with E-state index in [-0.39, 0.29) is 12.0 Å². The first-order chi connectivity index (χ1) is 16.0. The van der Waals surface area contributed by atoms with E-state index in [2.05, 4.69) is 6.92 Å². The lowest BCUT2D eigenvalue weighted by molar-refractivity contribution is -0.142. The summed E-state index contributed by atoms with van der Waals surface area (Å²) in [7, 11) is 1.15. The third kappa shape index (κ3) is 11.9. The molecule has 1 unspecified atom stereocenters. The predicted molar refractivity (Wildman–Crippen MR) is 131 cm³/mol. The first-order valence-electron chi connectivity index (χ1n) is 12.7. The highest BCUT2D eigenvalue weighted by Gasteiger charge is 2.35. The highest BCUT2D eigenvalue weighted by molar-refractivity contribution is 6.05. The zero-order valence-electron chi connectivity index (χ0n) is 20.6. The van der Waals surface area contributed by atoms with Gasteiger partial charge >= 0.3 is 12.1 Å². The van der Waals surface area contributed by atoms with Crippen molar-refractivity contribution in [2.75, 3.05) is 7.11 Å². The Morgan fingerprint density at radius 2 is 1.24 bits per heavy atom. The fourth-order valence-corrected chi connectivity index (χ4v) is 4.07. The predicted octanol–water partition coefficient (Wildman–Crippen LogP) is 7.22. The smallest absolute Gasteiger partial charge is 0.417 e. The van der Waals surface area contributed by atoms with E-state index in [0.717, 1.165) is 31.3 Å². The number of amides is 2. The van der Waals surface area contributed by atoms with E-state index in [9.17, 15) is 19.5 Å². The number of carbonyl (C=O) groups excluding carboxylic acids is 2. The van der Waals surface area contributed by atoms with Gasteiger partial charge in [-0.15, -0.1) is 0 Å². The lowest BCUT2D eigenvalue weighted by Gasteiger charge is -2.26. The molecular weight excluding hydrogens is 418 g/mol. The molecule has 1 N–H and O–H groups in total. The van der Waals surface area contributed by atoms with E-state index < -0.39 is 24.0 Å². The lowest BCUT2D eigenvalue weighted by atomic mass is 10.0. The van der Waals surface area contributed by atoms with Gasteiger partial charge in [-0.2, -0.15) is 0 Å². The van der Waals surface area contributed by atoms with E-state index in [1.807, 2.05) is 0 Å². The first kappa shape index (κ1) is 28.7. The van der Waals surface area contributed by atoms with Crippen molar-refractivity contribution in [3.05, 3.63) is 35.9 Å². The molecule has 0 bridgehead atoms. The minimum absolute atomic E-state index is 0.223. The van der Waals surface area contributed by atoms with E-state index in [1.54, 1.807) is 30.3 Å². The number of imide groups is 1. The number of benzene rings is 1. The zero-order chi connectivity index (χ0) is 24.3.